The molecule has 1 aromatic rings. The van der Waals surface area contributed by atoms with Gasteiger partial charge in [-0.3, -0.25) is 9.59 Å². The second-order valence-corrected chi connectivity index (χ2v) is 4.44. The lowest BCUT2D eigenvalue weighted by atomic mass is 10.0. The number of hydrogen-bond donors (Lipinski definition) is 3. The molecule has 0 saturated carbocycles. The van der Waals surface area contributed by atoms with Crippen molar-refractivity contribution in [2.45, 2.75) is 18.6 Å². The van der Waals surface area contributed by atoms with Crippen molar-refractivity contribution in [2.24, 2.45) is 11.5 Å². The number of nitrogens with one attached hydrogen (secondary N) is 1. The molecular formula is C12H14F3N3O3. The maximum Gasteiger partial charge on any atom is 0.415 e. The molecule has 5 N–H and O–H groups in total. The number of hydrogen-bond acceptors (Lipinski definition) is 4. The SMILES string of the molecule is CC(N)(C(=O)Nc1cccc(OCC(N)=O)c1)C(F)(F)F. The van der Waals surface area contributed by atoms with Gasteiger partial charge in [-0.2, -0.15) is 13.2 Å². The Balaban J connectivity index is 2.82. The summed E-state index contributed by atoms with van der Waals surface area (Å²) in [4.78, 5) is 22.2. The number of benzene rings is 1. The van der Waals surface area contributed by atoms with Crippen LogP contribution in [0.5, 0.6) is 5.75 Å². The monoisotopic (exact) mass is 305 g/mol. The molecule has 1 rings (SSSR count). The Labute approximate surface area is 118 Å². The molecule has 21 heavy (non-hydrogen) atoms. The van der Waals surface area contributed by atoms with E-state index in [-0.39, 0.29) is 11.4 Å². The van der Waals surface area contributed by atoms with Crippen LogP contribution in [0.15, 0.2) is 24.3 Å². The van der Waals surface area contributed by atoms with Crippen LogP contribution in [0, 0.1) is 0 Å². The van der Waals surface area contributed by atoms with E-state index in [0.717, 1.165) is 0 Å². The lowest BCUT2D eigenvalue weighted by molar-refractivity contribution is -0.184. The Bertz CT molecular complexity index is 544. The van der Waals surface area contributed by atoms with Crippen molar-refractivity contribution in [3.63, 3.8) is 0 Å². The minimum atomic E-state index is -4.89. The van der Waals surface area contributed by atoms with E-state index in [9.17, 15) is 22.8 Å². The third kappa shape index (κ3) is 4.35. The molecule has 6 nitrogen and oxygen atoms in total. The molecule has 1 aromatic carbocycles. The summed E-state index contributed by atoms with van der Waals surface area (Å²) in [7, 11) is 0. The van der Waals surface area contributed by atoms with Crippen molar-refractivity contribution in [3.8, 4) is 5.75 Å². The molecule has 2 amide bonds. The molecule has 0 spiro atoms. The first kappa shape index (κ1) is 16.8. The van der Waals surface area contributed by atoms with Crippen LogP contribution in [-0.2, 0) is 9.59 Å². The van der Waals surface area contributed by atoms with Gasteiger partial charge in [-0.15, -0.1) is 0 Å². The third-order valence-electron chi connectivity index (χ3n) is 2.53. The molecule has 0 aliphatic rings. The number of carbonyl (C=O) groups is 2. The first-order valence-electron chi connectivity index (χ1n) is 5.72. The molecule has 0 bridgehead atoms. The maximum absolute atomic E-state index is 12.6. The minimum Gasteiger partial charge on any atom is -0.484 e. The fourth-order valence-corrected chi connectivity index (χ4v) is 1.21. The molecular weight excluding hydrogens is 291 g/mol. The summed E-state index contributed by atoms with van der Waals surface area (Å²) in [5.41, 5.74) is 6.89. The number of anilines is 1. The zero-order chi connectivity index (χ0) is 16.3. The smallest absolute Gasteiger partial charge is 0.415 e. The standard InChI is InChI=1S/C12H14F3N3O3/c1-11(17,12(13,14)15)10(20)18-7-3-2-4-8(5-7)21-6-9(16)19/h2-5H,6,17H2,1H3,(H2,16,19)(H,18,20). The van der Waals surface area contributed by atoms with Crippen LogP contribution in [0.3, 0.4) is 0 Å². The van der Waals surface area contributed by atoms with E-state index >= 15 is 0 Å². The average Bonchev–Trinajstić information content (AvgIpc) is 2.35. The second-order valence-electron chi connectivity index (χ2n) is 4.44. The van der Waals surface area contributed by atoms with E-state index in [2.05, 4.69) is 0 Å². The Morgan fingerprint density at radius 1 is 1.33 bits per heavy atom. The topological polar surface area (TPSA) is 107 Å². The van der Waals surface area contributed by atoms with Gasteiger partial charge in [-0.05, 0) is 19.1 Å². The summed E-state index contributed by atoms with van der Waals surface area (Å²) in [5.74, 6) is -1.96. The molecule has 0 radical (unpaired) electrons. The highest BCUT2D eigenvalue weighted by atomic mass is 19.4. The lowest BCUT2D eigenvalue weighted by Crippen LogP contribution is -2.59. The predicted octanol–water partition coefficient (Wildman–Crippen LogP) is 0.769. The summed E-state index contributed by atoms with van der Waals surface area (Å²) in [6, 6.07) is 5.46. The van der Waals surface area contributed by atoms with Crippen molar-refractivity contribution in [1.29, 1.82) is 0 Å². The summed E-state index contributed by atoms with van der Waals surface area (Å²) >= 11 is 0. The fraction of sp³-hybridized carbons (Fsp3) is 0.333. The average molecular weight is 305 g/mol. The summed E-state index contributed by atoms with van der Waals surface area (Å²) in [5, 5.41) is 2.04. The van der Waals surface area contributed by atoms with Crippen LogP contribution in [0.2, 0.25) is 0 Å². The highest BCUT2D eigenvalue weighted by Gasteiger charge is 2.53. The number of rotatable bonds is 5. The lowest BCUT2D eigenvalue weighted by Gasteiger charge is -2.26. The highest BCUT2D eigenvalue weighted by Crippen LogP contribution is 2.29. The van der Waals surface area contributed by atoms with Crippen molar-refractivity contribution in [3.05, 3.63) is 24.3 Å². The van der Waals surface area contributed by atoms with E-state index in [1.165, 1.54) is 24.3 Å². The number of ether oxygens (including phenoxy) is 1. The number of primary amides is 1. The van der Waals surface area contributed by atoms with Gasteiger partial charge in [-0.25, -0.2) is 0 Å². The van der Waals surface area contributed by atoms with E-state index in [1.54, 1.807) is 0 Å². The molecule has 1 atom stereocenters. The second kappa shape index (κ2) is 6.00. The third-order valence-corrected chi connectivity index (χ3v) is 2.53. The predicted molar refractivity (Wildman–Crippen MR) is 68.4 cm³/mol. The van der Waals surface area contributed by atoms with Crippen molar-refractivity contribution in [2.75, 3.05) is 11.9 Å². The van der Waals surface area contributed by atoms with Gasteiger partial charge in [0.15, 0.2) is 12.1 Å². The quantitative estimate of drug-likeness (QED) is 0.746. The Morgan fingerprint density at radius 3 is 2.48 bits per heavy atom. The Morgan fingerprint density at radius 2 is 1.95 bits per heavy atom. The van der Waals surface area contributed by atoms with Crippen LogP contribution in [-0.4, -0.2) is 30.1 Å². The van der Waals surface area contributed by atoms with Crippen LogP contribution in [0.25, 0.3) is 0 Å². The minimum absolute atomic E-state index is 0.0443. The normalized spacial score (nSPS) is 14.1. The van der Waals surface area contributed by atoms with Gasteiger partial charge in [0.2, 0.25) is 0 Å². The number of alkyl halides is 3. The van der Waals surface area contributed by atoms with Crippen molar-refractivity contribution < 1.29 is 27.5 Å². The van der Waals surface area contributed by atoms with E-state index in [0.29, 0.717) is 6.92 Å². The zero-order valence-corrected chi connectivity index (χ0v) is 11.0. The van der Waals surface area contributed by atoms with Crippen LogP contribution < -0.4 is 21.5 Å². The van der Waals surface area contributed by atoms with Gasteiger partial charge in [0.25, 0.3) is 11.8 Å². The van der Waals surface area contributed by atoms with Crippen LogP contribution in [0.4, 0.5) is 18.9 Å². The first-order valence-corrected chi connectivity index (χ1v) is 5.72. The van der Waals surface area contributed by atoms with E-state index in [1.807, 2.05) is 5.32 Å². The number of amides is 2. The summed E-state index contributed by atoms with van der Waals surface area (Å²) in [6.07, 6.45) is -4.89. The van der Waals surface area contributed by atoms with Crippen molar-refractivity contribution >= 4 is 17.5 Å². The summed E-state index contributed by atoms with van der Waals surface area (Å²) < 4.78 is 42.8. The molecule has 116 valence electrons. The molecule has 0 aromatic heterocycles. The Kier molecular flexibility index (Phi) is 4.79. The number of nitrogens with two attached hydrogens (primary N) is 2. The van der Waals surface area contributed by atoms with E-state index < -0.39 is 30.1 Å². The van der Waals surface area contributed by atoms with Gasteiger partial charge in [0.05, 0.1) is 0 Å². The number of carbonyl (C=O) groups excluding carboxylic acids is 2. The van der Waals surface area contributed by atoms with Gasteiger partial charge in [-0.1, -0.05) is 6.07 Å². The van der Waals surface area contributed by atoms with Gasteiger partial charge in [0.1, 0.15) is 5.75 Å². The van der Waals surface area contributed by atoms with Crippen LogP contribution >= 0.6 is 0 Å². The van der Waals surface area contributed by atoms with Crippen molar-refractivity contribution in [1.82, 2.24) is 0 Å². The molecule has 0 aliphatic heterocycles. The molecule has 0 saturated heterocycles. The van der Waals surface area contributed by atoms with Gasteiger partial charge in [0, 0.05) is 11.8 Å². The van der Waals surface area contributed by atoms with E-state index in [4.69, 9.17) is 16.2 Å². The molecule has 0 fully saturated rings. The molecule has 0 aliphatic carbocycles. The Hall–Kier alpha value is -2.29. The first-order chi connectivity index (χ1) is 9.54. The van der Waals surface area contributed by atoms with Gasteiger partial charge >= 0.3 is 6.18 Å². The zero-order valence-electron chi connectivity index (χ0n) is 11.0. The summed E-state index contributed by atoms with van der Waals surface area (Å²) in [6.45, 7) is 0.171. The largest absolute Gasteiger partial charge is 0.484 e. The van der Waals surface area contributed by atoms with Crippen LogP contribution in [0.1, 0.15) is 6.92 Å². The van der Waals surface area contributed by atoms with Gasteiger partial charge < -0.3 is 21.5 Å². The maximum atomic E-state index is 12.6. The number of halogens is 3. The molecule has 1 unspecified atom stereocenters. The highest BCUT2D eigenvalue weighted by molar-refractivity contribution is 5.98. The fourth-order valence-electron chi connectivity index (χ4n) is 1.21. The molecule has 9 heteroatoms. The molecule has 0 heterocycles.